The van der Waals surface area contributed by atoms with E-state index in [1.807, 2.05) is 24.8 Å². The minimum absolute atomic E-state index is 0.0145. The van der Waals surface area contributed by atoms with Crippen molar-refractivity contribution in [3.63, 3.8) is 0 Å². The third-order valence-electron chi connectivity index (χ3n) is 3.99. The number of aryl methyl sites for hydroxylation is 1. The molecule has 1 aliphatic heterocycles. The molecule has 128 valence electrons. The van der Waals surface area contributed by atoms with Crippen molar-refractivity contribution in [3.8, 4) is 5.88 Å². The van der Waals surface area contributed by atoms with Gasteiger partial charge >= 0.3 is 0 Å². The molecule has 2 aromatic heterocycles. The first-order chi connectivity index (χ1) is 11.7. The first kappa shape index (κ1) is 16.4. The molecule has 3 rings (SSSR count). The van der Waals surface area contributed by atoms with Crippen molar-refractivity contribution >= 4 is 5.91 Å². The molecule has 3 heterocycles. The molecule has 24 heavy (non-hydrogen) atoms. The molecule has 0 N–H and O–H groups in total. The van der Waals surface area contributed by atoms with Crippen molar-refractivity contribution < 1.29 is 14.1 Å². The second kappa shape index (κ2) is 7.44. The number of pyridine rings is 1. The minimum atomic E-state index is 0.0145. The second-order valence-electron chi connectivity index (χ2n) is 5.82. The number of ether oxygens (including phenoxy) is 1. The maximum absolute atomic E-state index is 12.5. The normalized spacial score (nSPS) is 15.5. The van der Waals surface area contributed by atoms with Gasteiger partial charge in [-0.25, -0.2) is 4.98 Å². The molecule has 7 heteroatoms. The highest BCUT2D eigenvalue weighted by Gasteiger charge is 2.23. The van der Waals surface area contributed by atoms with Gasteiger partial charge in [0.05, 0.1) is 24.4 Å². The molecule has 0 aromatic carbocycles. The predicted molar refractivity (Wildman–Crippen MR) is 87.8 cm³/mol. The molecule has 1 fully saturated rings. The van der Waals surface area contributed by atoms with Crippen molar-refractivity contribution in [1.29, 1.82) is 0 Å². The lowest BCUT2D eigenvalue weighted by atomic mass is 10.2. The van der Waals surface area contributed by atoms with Gasteiger partial charge in [-0.1, -0.05) is 5.16 Å². The van der Waals surface area contributed by atoms with Crippen LogP contribution in [-0.2, 0) is 6.54 Å². The summed E-state index contributed by atoms with van der Waals surface area (Å²) in [4.78, 5) is 20.8. The van der Waals surface area contributed by atoms with Crippen LogP contribution in [0.4, 0.5) is 0 Å². The van der Waals surface area contributed by atoms with Crippen molar-refractivity contribution in [2.75, 3.05) is 32.8 Å². The Bertz CT molecular complexity index is 675. The molecule has 1 amide bonds. The monoisotopic (exact) mass is 330 g/mol. The number of hydrogen-bond donors (Lipinski definition) is 0. The van der Waals surface area contributed by atoms with Gasteiger partial charge in [-0.15, -0.1) is 0 Å². The van der Waals surface area contributed by atoms with Crippen LogP contribution in [0, 0.1) is 6.92 Å². The van der Waals surface area contributed by atoms with Gasteiger partial charge in [0, 0.05) is 44.5 Å². The molecule has 1 saturated heterocycles. The third kappa shape index (κ3) is 3.91. The lowest BCUT2D eigenvalue weighted by Crippen LogP contribution is -2.48. The summed E-state index contributed by atoms with van der Waals surface area (Å²) in [7, 11) is 0. The average Bonchev–Trinajstić information content (AvgIpc) is 3.01. The smallest absolute Gasteiger partial charge is 0.255 e. The van der Waals surface area contributed by atoms with Crippen LogP contribution in [0.1, 0.15) is 28.7 Å². The van der Waals surface area contributed by atoms with E-state index in [-0.39, 0.29) is 5.91 Å². The van der Waals surface area contributed by atoms with Crippen LogP contribution >= 0.6 is 0 Å². The van der Waals surface area contributed by atoms with Gasteiger partial charge in [0.1, 0.15) is 0 Å². The lowest BCUT2D eigenvalue weighted by molar-refractivity contribution is 0.0617. The molecule has 1 aliphatic rings. The quantitative estimate of drug-likeness (QED) is 0.831. The Morgan fingerprint density at radius 3 is 2.67 bits per heavy atom. The number of amides is 1. The summed E-state index contributed by atoms with van der Waals surface area (Å²) in [5.74, 6) is 1.42. The molecule has 0 unspecified atom stereocenters. The maximum Gasteiger partial charge on any atom is 0.255 e. The van der Waals surface area contributed by atoms with Gasteiger partial charge < -0.3 is 14.2 Å². The summed E-state index contributed by atoms with van der Waals surface area (Å²) < 4.78 is 10.6. The largest absolute Gasteiger partial charge is 0.478 e. The number of rotatable bonds is 5. The van der Waals surface area contributed by atoms with E-state index in [9.17, 15) is 4.79 Å². The Hall–Kier alpha value is -2.41. The Morgan fingerprint density at radius 2 is 2.08 bits per heavy atom. The van der Waals surface area contributed by atoms with Crippen LogP contribution < -0.4 is 4.74 Å². The van der Waals surface area contributed by atoms with Crippen LogP contribution in [0.15, 0.2) is 28.9 Å². The molecule has 0 saturated carbocycles. The van der Waals surface area contributed by atoms with Gasteiger partial charge in [-0.2, -0.15) is 0 Å². The van der Waals surface area contributed by atoms with Crippen molar-refractivity contribution in [2.24, 2.45) is 0 Å². The maximum atomic E-state index is 12.5. The van der Waals surface area contributed by atoms with Gasteiger partial charge in [0.25, 0.3) is 5.91 Å². The van der Waals surface area contributed by atoms with Crippen LogP contribution in [-0.4, -0.2) is 58.6 Å². The van der Waals surface area contributed by atoms with Crippen LogP contribution in [0.5, 0.6) is 5.88 Å². The summed E-state index contributed by atoms with van der Waals surface area (Å²) in [6.45, 7) is 8.12. The number of aromatic nitrogens is 2. The number of carbonyl (C=O) groups is 1. The van der Waals surface area contributed by atoms with E-state index >= 15 is 0 Å². The Balaban J connectivity index is 1.52. The summed E-state index contributed by atoms with van der Waals surface area (Å²) in [5, 5.41) is 3.90. The fourth-order valence-corrected chi connectivity index (χ4v) is 2.74. The number of hydrogen-bond acceptors (Lipinski definition) is 6. The molecular formula is C17H22N4O3. The van der Waals surface area contributed by atoms with E-state index < -0.39 is 0 Å². The van der Waals surface area contributed by atoms with E-state index in [0.29, 0.717) is 31.1 Å². The molecule has 0 bridgehead atoms. The summed E-state index contributed by atoms with van der Waals surface area (Å²) in [5.41, 5.74) is 1.49. The molecule has 7 nitrogen and oxygen atoms in total. The van der Waals surface area contributed by atoms with E-state index in [1.54, 1.807) is 18.3 Å². The van der Waals surface area contributed by atoms with Crippen LogP contribution in [0.25, 0.3) is 0 Å². The summed E-state index contributed by atoms with van der Waals surface area (Å²) >= 11 is 0. The van der Waals surface area contributed by atoms with Crippen molar-refractivity contribution in [2.45, 2.75) is 20.4 Å². The Labute approximate surface area is 141 Å². The zero-order valence-corrected chi connectivity index (χ0v) is 14.1. The molecule has 0 radical (unpaired) electrons. The average molecular weight is 330 g/mol. The van der Waals surface area contributed by atoms with Crippen LogP contribution in [0.3, 0.4) is 0 Å². The van der Waals surface area contributed by atoms with Crippen molar-refractivity contribution in [3.05, 3.63) is 41.4 Å². The first-order valence-electron chi connectivity index (χ1n) is 8.18. The predicted octanol–water partition coefficient (Wildman–Crippen LogP) is 1.73. The first-order valence-corrected chi connectivity index (χ1v) is 8.18. The van der Waals surface area contributed by atoms with Crippen LogP contribution in [0.2, 0.25) is 0 Å². The molecule has 2 aromatic rings. The zero-order chi connectivity index (χ0) is 16.9. The van der Waals surface area contributed by atoms with Gasteiger partial charge in [-0.3, -0.25) is 9.69 Å². The van der Waals surface area contributed by atoms with E-state index in [1.165, 1.54) is 0 Å². The van der Waals surface area contributed by atoms with Gasteiger partial charge in [0.2, 0.25) is 5.88 Å². The topological polar surface area (TPSA) is 71.7 Å². The number of nitrogens with zero attached hydrogens (tertiary/aromatic N) is 4. The minimum Gasteiger partial charge on any atom is -0.478 e. The van der Waals surface area contributed by atoms with Gasteiger partial charge in [-0.05, 0) is 19.9 Å². The molecule has 0 spiro atoms. The van der Waals surface area contributed by atoms with Crippen molar-refractivity contribution in [1.82, 2.24) is 19.9 Å². The SMILES string of the molecule is CCOc1ccc(C(=O)N2CCN(Cc3cc(C)no3)CC2)cn1. The zero-order valence-electron chi connectivity index (χ0n) is 14.1. The third-order valence-corrected chi connectivity index (χ3v) is 3.99. The fraction of sp³-hybridized carbons (Fsp3) is 0.471. The standard InChI is InChI=1S/C17H22N4O3/c1-3-23-16-5-4-14(11-18-16)17(22)21-8-6-20(7-9-21)12-15-10-13(2)19-24-15/h4-5,10-11H,3,6-9,12H2,1-2H3. The molecular weight excluding hydrogens is 308 g/mol. The fourth-order valence-electron chi connectivity index (χ4n) is 2.74. The second-order valence-corrected chi connectivity index (χ2v) is 5.82. The Kier molecular flexibility index (Phi) is 5.10. The number of carbonyl (C=O) groups excluding carboxylic acids is 1. The summed E-state index contributed by atoms with van der Waals surface area (Å²) in [6.07, 6.45) is 1.58. The van der Waals surface area contributed by atoms with E-state index in [0.717, 1.165) is 31.1 Å². The Morgan fingerprint density at radius 1 is 1.29 bits per heavy atom. The summed E-state index contributed by atoms with van der Waals surface area (Å²) in [6, 6.07) is 5.45. The lowest BCUT2D eigenvalue weighted by Gasteiger charge is -2.34. The van der Waals surface area contributed by atoms with E-state index in [4.69, 9.17) is 9.26 Å². The molecule has 0 aliphatic carbocycles. The molecule has 0 atom stereocenters. The van der Waals surface area contributed by atoms with E-state index in [2.05, 4.69) is 15.0 Å². The van der Waals surface area contributed by atoms with Gasteiger partial charge in [0.15, 0.2) is 5.76 Å². The highest BCUT2D eigenvalue weighted by atomic mass is 16.5. The number of piperazine rings is 1. The highest BCUT2D eigenvalue weighted by molar-refractivity contribution is 5.94. The highest BCUT2D eigenvalue weighted by Crippen LogP contribution is 2.13.